The molecule has 1 aliphatic carbocycles. The number of amides is 1. The fraction of sp³-hybridized carbons (Fsp3) is 0.562. The molecule has 1 aromatic rings. The number of rotatable bonds is 2. The first-order valence-electron chi connectivity index (χ1n) is 7.71. The van der Waals surface area contributed by atoms with E-state index in [-0.39, 0.29) is 23.4 Å². The summed E-state index contributed by atoms with van der Waals surface area (Å²) in [6.45, 7) is 0. The van der Waals surface area contributed by atoms with E-state index < -0.39 is 12.0 Å². The Morgan fingerprint density at radius 1 is 1.23 bits per heavy atom. The van der Waals surface area contributed by atoms with Gasteiger partial charge in [0.2, 0.25) is 5.56 Å². The number of hydrogen-bond acceptors (Lipinski definition) is 3. The number of carbonyl (C=O) groups excluding carboxylic acids is 1. The van der Waals surface area contributed by atoms with Crippen molar-refractivity contribution < 1.29 is 14.7 Å². The second kappa shape index (κ2) is 5.59. The van der Waals surface area contributed by atoms with Crippen LogP contribution in [0.3, 0.4) is 0 Å². The number of hydrogen-bond donors (Lipinski definition) is 1. The number of fused-ring (bicyclic) bond motifs is 1. The Kier molecular flexibility index (Phi) is 3.76. The lowest BCUT2D eigenvalue weighted by atomic mass is 9.84. The van der Waals surface area contributed by atoms with Gasteiger partial charge in [-0.3, -0.25) is 9.59 Å². The van der Waals surface area contributed by atoms with Crippen LogP contribution >= 0.6 is 0 Å². The standard InChI is InChI=1S/C16H20N2O4/c1-17-9-11(6-7-14(17)19)15(20)18-12-5-3-2-4-10(12)8-13(18)16(21)22/h6-7,9-10,12-13H,2-5,8H2,1H3,(H,21,22)/t10-,12-,13-/m0/s1. The molecule has 0 unspecified atom stereocenters. The Morgan fingerprint density at radius 3 is 2.64 bits per heavy atom. The van der Waals surface area contributed by atoms with E-state index in [4.69, 9.17) is 0 Å². The monoisotopic (exact) mass is 304 g/mol. The molecule has 1 saturated heterocycles. The average Bonchev–Trinajstić information content (AvgIpc) is 2.89. The van der Waals surface area contributed by atoms with Gasteiger partial charge in [-0.15, -0.1) is 0 Å². The van der Waals surface area contributed by atoms with Crippen LogP contribution in [0.2, 0.25) is 0 Å². The molecule has 0 aromatic carbocycles. The first kappa shape index (κ1) is 14.8. The zero-order valence-corrected chi connectivity index (χ0v) is 12.6. The van der Waals surface area contributed by atoms with Crippen LogP contribution in [0.1, 0.15) is 42.5 Å². The van der Waals surface area contributed by atoms with Crippen LogP contribution in [0.4, 0.5) is 0 Å². The molecule has 2 aliphatic rings. The summed E-state index contributed by atoms with van der Waals surface area (Å²) in [4.78, 5) is 37.4. The van der Waals surface area contributed by atoms with Crippen LogP contribution in [0.15, 0.2) is 23.1 Å². The minimum atomic E-state index is -0.937. The summed E-state index contributed by atoms with van der Waals surface area (Å²) < 4.78 is 1.34. The number of carboxylic acids is 1. The minimum absolute atomic E-state index is 0.0135. The Morgan fingerprint density at radius 2 is 1.95 bits per heavy atom. The van der Waals surface area contributed by atoms with Gasteiger partial charge in [0.15, 0.2) is 0 Å². The molecule has 2 heterocycles. The Hall–Kier alpha value is -2.11. The molecular formula is C16H20N2O4. The number of aryl methyl sites for hydroxylation is 1. The molecule has 6 heteroatoms. The lowest BCUT2D eigenvalue weighted by molar-refractivity contribution is -0.141. The summed E-state index contributed by atoms with van der Waals surface area (Å²) in [5.41, 5.74) is 0.183. The number of carboxylic acid groups (broad SMARTS) is 1. The minimum Gasteiger partial charge on any atom is -0.480 e. The van der Waals surface area contributed by atoms with Gasteiger partial charge in [-0.25, -0.2) is 4.79 Å². The van der Waals surface area contributed by atoms with Crippen molar-refractivity contribution in [2.75, 3.05) is 0 Å². The van der Waals surface area contributed by atoms with Crippen molar-refractivity contribution in [3.8, 4) is 0 Å². The molecule has 3 rings (SSSR count). The van der Waals surface area contributed by atoms with E-state index in [2.05, 4.69) is 0 Å². The van der Waals surface area contributed by atoms with Crippen LogP contribution in [0.25, 0.3) is 0 Å². The van der Waals surface area contributed by atoms with Crippen molar-refractivity contribution in [3.05, 3.63) is 34.2 Å². The molecule has 3 atom stereocenters. The Labute approximate surface area is 128 Å². The van der Waals surface area contributed by atoms with Crippen molar-refractivity contribution in [2.24, 2.45) is 13.0 Å². The van der Waals surface area contributed by atoms with Crippen LogP contribution in [-0.4, -0.2) is 38.5 Å². The second-order valence-electron chi connectivity index (χ2n) is 6.28. The highest BCUT2D eigenvalue weighted by atomic mass is 16.4. The van der Waals surface area contributed by atoms with Gasteiger partial charge in [-0.2, -0.15) is 0 Å². The van der Waals surface area contributed by atoms with Gasteiger partial charge in [-0.05, 0) is 31.2 Å². The molecule has 0 bridgehead atoms. The van der Waals surface area contributed by atoms with E-state index in [1.807, 2.05) is 0 Å². The van der Waals surface area contributed by atoms with E-state index in [0.29, 0.717) is 12.0 Å². The number of likely N-dealkylation sites (tertiary alicyclic amines) is 1. The normalized spacial score (nSPS) is 27.5. The van der Waals surface area contributed by atoms with Gasteiger partial charge in [0.1, 0.15) is 6.04 Å². The number of aromatic nitrogens is 1. The molecule has 0 radical (unpaired) electrons. The lowest BCUT2D eigenvalue weighted by Gasteiger charge is -2.33. The number of nitrogens with zero attached hydrogens (tertiary/aromatic N) is 2. The number of pyridine rings is 1. The Balaban J connectivity index is 1.95. The third kappa shape index (κ3) is 2.42. The SMILES string of the molecule is Cn1cc(C(=O)N2[C@H](C(=O)O)C[C@@H]3CCCC[C@@H]32)ccc1=O. The van der Waals surface area contributed by atoms with Gasteiger partial charge >= 0.3 is 5.97 Å². The largest absolute Gasteiger partial charge is 0.480 e. The summed E-state index contributed by atoms with van der Waals surface area (Å²) in [7, 11) is 1.58. The fourth-order valence-electron chi connectivity index (χ4n) is 3.84. The van der Waals surface area contributed by atoms with Crippen LogP contribution in [0.5, 0.6) is 0 Å². The van der Waals surface area contributed by atoms with E-state index >= 15 is 0 Å². The predicted octanol–water partition coefficient (Wildman–Crippen LogP) is 1.24. The van der Waals surface area contributed by atoms with Crippen LogP contribution in [0, 0.1) is 5.92 Å². The zero-order chi connectivity index (χ0) is 15.9. The molecule has 1 amide bonds. The summed E-state index contributed by atoms with van der Waals surface area (Å²) in [5, 5.41) is 9.48. The number of aliphatic carboxylic acids is 1. The summed E-state index contributed by atoms with van der Waals surface area (Å²) >= 11 is 0. The van der Waals surface area contributed by atoms with Crippen LogP contribution in [-0.2, 0) is 11.8 Å². The van der Waals surface area contributed by atoms with Gasteiger partial charge in [0.05, 0.1) is 5.56 Å². The maximum Gasteiger partial charge on any atom is 0.326 e. The molecule has 0 spiro atoms. The third-order valence-corrected chi connectivity index (χ3v) is 4.94. The highest BCUT2D eigenvalue weighted by molar-refractivity contribution is 5.97. The fourth-order valence-corrected chi connectivity index (χ4v) is 3.84. The highest BCUT2D eigenvalue weighted by Crippen LogP contribution is 2.40. The average molecular weight is 304 g/mol. The molecule has 1 aromatic heterocycles. The molecule has 22 heavy (non-hydrogen) atoms. The summed E-state index contributed by atoms with van der Waals surface area (Å²) in [6, 6.07) is 2.09. The highest BCUT2D eigenvalue weighted by Gasteiger charge is 2.47. The molecular weight excluding hydrogens is 284 g/mol. The van der Waals surface area contributed by atoms with E-state index in [1.54, 1.807) is 11.9 Å². The maximum absolute atomic E-state index is 12.8. The van der Waals surface area contributed by atoms with Crippen LogP contribution < -0.4 is 5.56 Å². The molecule has 6 nitrogen and oxygen atoms in total. The van der Waals surface area contributed by atoms with Crippen molar-refractivity contribution in [1.29, 1.82) is 0 Å². The van der Waals surface area contributed by atoms with Crippen molar-refractivity contribution >= 4 is 11.9 Å². The zero-order valence-electron chi connectivity index (χ0n) is 12.6. The predicted molar refractivity (Wildman–Crippen MR) is 79.6 cm³/mol. The molecule has 2 fully saturated rings. The molecule has 118 valence electrons. The van der Waals surface area contributed by atoms with Crippen molar-refractivity contribution in [3.63, 3.8) is 0 Å². The second-order valence-corrected chi connectivity index (χ2v) is 6.28. The van der Waals surface area contributed by atoms with Crippen molar-refractivity contribution in [2.45, 2.75) is 44.2 Å². The third-order valence-electron chi connectivity index (χ3n) is 4.94. The van der Waals surface area contributed by atoms with E-state index in [9.17, 15) is 19.5 Å². The van der Waals surface area contributed by atoms with E-state index in [1.165, 1.54) is 22.9 Å². The van der Waals surface area contributed by atoms with Crippen molar-refractivity contribution in [1.82, 2.24) is 9.47 Å². The van der Waals surface area contributed by atoms with Gasteiger partial charge in [0.25, 0.3) is 5.91 Å². The smallest absolute Gasteiger partial charge is 0.326 e. The maximum atomic E-state index is 12.8. The Bertz CT molecular complexity index is 666. The summed E-state index contributed by atoms with van der Waals surface area (Å²) in [5.74, 6) is -0.934. The molecule has 1 N–H and O–H groups in total. The van der Waals surface area contributed by atoms with E-state index in [0.717, 1.165) is 25.7 Å². The summed E-state index contributed by atoms with van der Waals surface area (Å²) in [6.07, 6.45) is 6.02. The first-order chi connectivity index (χ1) is 10.5. The topological polar surface area (TPSA) is 79.6 Å². The molecule has 1 aliphatic heterocycles. The molecule has 1 saturated carbocycles. The lowest BCUT2D eigenvalue weighted by Crippen LogP contribution is -2.46. The van der Waals surface area contributed by atoms with Gasteiger partial charge in [0, 0.05) is 25.4 Å². The first-order valence-corrected chi connectivity index (χ1v) is 7.71. The number of carbonyl (C=O) groups is 2. The quantitative estimate of drug-likeness (QED) is 0.891. The van der Waals surface area contributed by atoms with Gasteiger partial charge < -0.3 is 14.6 Å². The van der Waals surface area contributed by atoms with Gasteiger partial charge in [-0.1, -0.05) is 12.8 Å².